The fourth-order valence-corrected chi connectivity index (χ4v) is 0.942. The van der Waals surface area contributed by atoms with E-state index in [-0.39, 0.29) is 0 Å². The molecule has 3 heteroatoms. The highest BCUT2D eigenvalue weighted by Crippen LogP contribution is 1.94. The van der Waals surface area contributed by atoms with Gasteiger partial charge in [0.1, 0.15) is 0 Å². The van der Waals surface area contributed by atoms with E-state index in [4.69, 9.17) is 4.74 Å². The van der Waals surface area contributed by atoms with Gasteiger partial charge in [-0.3, -0.25) is 0 Å². The van der Waals surface area contributed by atoms with E-state index in [1.165, 1.54) is 0 Å². The highest BCUT2D eigenvalue weighted by Gasteiger charge is 1.97. The second-order valence-corrected chi connectivity index (χ2v) is 3.22. The van der Waals surface area contributed by atoms with Gasteiger partial charge in [-0.05, 0) is 20.2 Å². The van der Waals surface area contributed by atoms with Crippen LogP contribution in [0.5, 0.6) is 0 Å². The SMILES string of the molecule is CNCC(C)OCCSC. The number of hydrogen-bond donors (Lipinski definition) is 1. The lowest BCUT2D eigenvalue weighted by molar-refractivity contribution is 0.0796. The van der Waals surface area contributed by atoms with E-state index in [0.29, 0.717) is 6.10 Å². The lowest BCUT2D eigenvalue weighted by Gasteiger charge is -2.10. The molecule has 62 valence electrons. The minimum atomic E-state index is 0.345. The fraction of sp³-hybridized carbons (Fsp3) is 1.00. The van der Waals surface area contributed by atoms with Crippen LogP contribution in [0.3, 0.4) is 0 Å². The molecular weight excluding hydrogens is 146 g/mol. The molecule has 0 radical (unpaired) electrons. The molecule has 0 saturated carbocycles. The maximum atomic E-state index is 5.44. The highest BCUT2D eigenvalue weighted by molar-refractivity contribution is 7.98. The Morgan fingerprint density at radius 2 is 2.30 bits per heavy atom. The Hall–Kier alpha value is 0.270. The van der Waals surface area contributed by atoms with Gasteiger partial charge in [0, 0.05) is 12.3 Å². The number of likely N-dealkylation sites (N-methyl/N-ethyl adjacent to an activating group) is 1. The van der Waals surface area contributed by atoms with Crippen molar-refractivity contribution in [2.24, 2.45) is 0 Å². The molecule has 0 aliphatic carbocycles. The number of nitrogens with one attached hydrogen (secondary N) is 1. The average Bonchev–Trinajstić information content (AvgIpc) is 1.89. The van der Waals surface area contributed by atoms with E-state index < -0.39 is 0 Å². The van der Waals surface area contributed by atoms with Gasteiger partial charge in [-0.15, -0.1) is 0 Å². The van der Waals surface area contributed by atoms with E-state index >= 15 is 0 Å². The van der Waals surface area contributed by atoms with Gasteiger partial charge >= 0.3 is 0 Å². The zero-order valence-corrected chi connectivity index (χ0v) is 7.83. The van der Waals surface area contributed by atoms with E-state index in [1.54, 1.807) is 0 Å². The first kappa shape index (κ1) is 10.3. The number of rotatable bonds is 6. The Kier molecular flexibility index (Phi) is 7.58. The maximum Gasteiger partial charge on any atom is 0.0671 e. The van der Waals surface area contributed by atoms with Gasteiger partial charge in [0.2, 0.25) is 0 Å². The van der Waals surface area contributed by atoms with E-state index in [9.17, 15) is 0 Å². The quantitative estimate of drug-likeness (QED) is 0.590. The van der Waals surface area contributed by atoms with Crippen molar-refractivity contribution in [1.29, 1.82) is 0 Å². The number of thioether (sulfide) groups is 1. The largest absolute Gasteiger partial charge is 0.376 e. The molecular formula is C7H17NOS. The van der Waals surface area contributed by atoms with Gasteiger partial charge in [0.15, 0.2) is 0 Å². The lowest BCUT2D eigenvalue weighted by Crippen LogP contribution is -2.24. The monoisotopic (exact) mass is 163 g/mol. The van der Waals surface area contributed by atoms with Crippen LogP contribution in [0.15, 0.2) is 0 Å². The van der Waals surface area contributed by atoms with E-state index in [1.807, 2.05) is 18.8 Å². The van der Waals surface area contributed by atoms with E-state index in [0.717, 1.165) is 18.9 Å². The summed E-state index contributed by atoms with van der Waals surface area (Å²) in [6.07, 6.45) is 2.43. The third-order valence-corrected chi connectivity index (χ3v) is 1.76. The number of ether oxygens (including phenoxy) is 1. The standard InChI is InChI=1S/C7H17NOS/c1-7(6-8-2)9-4-5-10-3/h7-8H,4-6H2,1-3H3. The molecule has 0 bridgehead atoms. The molecule has 0 spiro atoms. The molecule has 0 amide bonds. The molecule has 10 heavy (non-hydrogen) atoms. The summed E-state index contributed by atoms with van der Waals surface area (Å²) in [5.41, 5.74) is 0. The van der Waals surface area contributed by atoms with Crippen LogP contribution in [0.2, 0.25) is 0 Å². The van der Waals surface area contributed by atoms with E-state index in [2.05, 4.69) is 18.5 Å². The summed E-state index contributed by atoms with van der Waals surface area (Å²) in [5.74, 6) is 1.09. The van der Waals surface area contributed by atoms with Crippen molar-refractivity contribution in [1.82, 2.24) is 5.32 Å². The van der Waals surface area contributed by atoms with Crippen molar-refractivity contribution in [3.63, 3.8) is 0 Å². The fourth-order valence-electron chi connectivity index (χ4n) is 0.679. The number of hydrogen-bond acceptors (Lipinski definition) is 3. The van der Waals surface area contributed by atoms with Gasteiger partial charge < -0.3 is 10.1 Å². The minimum Gasteiger partial charge on any atom is -0.376 e. The Morgan fingerprint density at radius 1 is 1.60 bits per heavy atom. The molecule has 0 fully saturated rings. The first-order valence-corrected chi connectivity index (χ1v) is 4.95. The maximum absolute atomic E-state index is 5.44. The van der Waals surface area contributed by atoms with Crippen molar-refractivity contribution in [3.8, 4) is 0 Å². The summed E-state index contributed by atoms with van der Waals surface area (Å²) in [7, 11) is 1.94. The Bertz CT molecular complexity index is 70.6. The molecule has 0 heterocycles. The molecule has 0 aliphatic rings. The summed E-state index contributed by atoms with van der Waals surface area (Å²) >= 11 is 1.82. The van der Waals surface area contributed by atoms with Crippen LogP contribution >= 0.6 is 11.8 Å². The van der Waals surface area contributed by atoms with Crippen LogP contribution in [-0.2, 0) is 4.74 Å². The van der Waals surface area contributed by atoms with Crippen molar-refractivity contribution >= 4 is 11.8 Å². The smallest absolute Gasteiger partial charge is 0.0671 e. The van der Waals surface area contributed by atoms with Gasteiger partial charge in [0.25, 0.3) is 0 Å². The molecule has 0 aromatic heterocycles. The zero-order chi connectivity index (χ0) is 7.82. The molecule has 0 aromatic rings. The zero-order valence-electron chi connectivity index (χ0n) is 7.02. The molecule has 1 atom stereocenters. The molecule has 2 nitrogen and oxygen atoms in total. The highest BCUT2D eigenvalue weighted by atomic mass is 32.2. The summed E-state index contributed by atoms with van der Waals surface area (Å²) in [6.45, 7) is 3.88. The van der Waals surface area contributed by atoms with Gasteiger partial charge in [-0.1, -0.05) is 0 Å². The van der Waals surface area contributed by atoms with Crippen molar-refractivity contribution < 1.29 is 4.74 Å². The first-order valence-electron chi connectivity index (χ1n) is 3.56. The van der Waals surface area contributed by atoms with Crippen LogP contribution in [0.25, 0.3) is 0 Å². The second-order valence-electron chi connectivity index (χ2n) is 2.23. The summed E-state index contributed by atoms with van der Waals surface area (Å²) in [5, 5.41) is 3.06. The van der Waals surface area contributed by atoms with Gasteiger partial charge in [-0.2, -0.15) is 11.8 Å². The van der Waals surface area contributed by atoms with Crippen molar-refractivity contribution in [2.75, 3.05) is 32.2 Å². The molecule has 1 N–H and O–H groups in total. The molecule has 0 rings (SSSR count). The van der Waals surface area contributed by atoms with Crippen LogP contribution in [0.1, 0.15) is 6.92 Å². The predicted octanol–water partition coefficient (Wildman–Crippen LogP) is 0.974. The summed E-state index contributed by atoms with van der Waals surface area (Å²) in [6, 6.07) is 0. The first-order chi connectivity index (χ1) is 4.81. The molecule has 1 unspecified atom stereocenters. The topological polar surface area (TPSA) is 21.3 Å². The normalized spacial score (nSPS) is 13.5. The summed E-state index contributed by atoms with van der Waals surface area (Å²) < 4.78 is 5.44. The molecule has 0 saturated heterocycles. The third kappa shape index (κ3) is 6.39. The average molecular weight is 163 g/mol. The molecule has 0 aliphatic heterocycles. The van der Waals surface area contributed by atoms with Crippen LogP contribution in [0, 0.1) is 0 Å². The lowest BCUT2D eigenvalue weighted by atomic mass is 10.4. The second kappa shape index (κ2) is 7.38. The van der Waals surface area contributed by atoms with Gasteiger partial charge in [-0.25, -0.2) is 0 Å². The Labute approximate surface area is 67.7 Å². The Morgan fingerprint density at radius 3 is 2.80 bits per heavy atom. The van der Waals surface area contributed by atoms with Crippen molar-refractivity contribution in [3.05, 3.63) is 0 Å². The van der Waals surface area contributed by atoms with Crippen molar-refractivity contribution in [2.45, 2.75) is 13.0 Å². The van der Waals surface area contributed by atoms with Gasteiger partial charge in [0.05, 0.1) is 12.7 Å². The summed E-state index contributed by atoms with van der Waals surface area (Å²) in [4.78, 5) is 0. The Balaban J connectivity index is 2.97. The predicted molar refractivity (Wildman–Crippen MR) is 47.7 cm³/mol. The molecule has 0 aromatic carbocycles. The third-order valence-electron chi connectivity index (χ3n) is 1.18. The van der Waals surface area contributed by atoms with Crippen LogP contribution < -0.4 is 5.32 Å². The van der Waals surface area contributed by atoms with Crippen LogP contribution in [-0.4, -0.2) is 38.3 Å². The minimum absolute atomic E-state index is 0.345. The van der Waals surface area contributed by atoms with Crippen LogP contribution in [0.4, 0.5) is 0 Å².